The van der Waals surface area contributed by atoms with E-state index in [-0.39, 0.29) is 12.5 Å². The lowest BCUT2D eigenvalue weighted by molar-refractivity contribution is -0.115. The molecule has 0 radical (unpaired) electrons. The monoisotopic (exact) mass is 383 g/mol. The Kier molecular flexibility index (Phi) is 4.91. The summed E-state index contributed by atoms with van der Waals surface area (Å²) in [7, 11) is 0. The van der Waals surface area contributed by atoms with Gasteiger partial charge in [0.2, 0.25) is 5.91 Å². The fraction of sp³-hybridized carbons (Fsp3) is 0.429. The summed E-state index contributed by atoms with van der Waals surface area (Å²) in [5, 5.41) is 3.60. The molecule has 0 spiro atoms. The summed E-state index contributed by atoms with van der Waals surface area (Å²) in [5.41, 5.74) is 9.63. The number of nitrogens with one attached hydrogen (secondary N) is 1. The first-order chi connectivity index (χ1) is 13.0. The highest BCUT2D eigenvalue weighted by molar-refractivity contribution is 7.17. The third-order valence-electron chi connectivity index (χ3n) is 5.55. The molecule has 0 bridgehead atoms. The number of hydrogen-bond donors (Lipinski definition) is 2. The molecule has 6 heteroatoms. The number of rotatable bonds is 4. The van der Waals surface area contributed by atoms with E-state index < -0.39 is 5.91 Å². The molecule has 142 valence electrons. The zero-order valence-electron chi connectivity index (χ0n) is 15.6. The van der Waals surface area contributed by atoms with Crippen LogP contribution in [0.1, 0.15) is 46.1 Å². The largest absolute Gasteiger partial charge is 0.365 e. The van der Waals surface area contributed by atoms with E-state index in [1.807, 2.05) is 12.1 Å². The Morgan fingerprint density at radius 3 is 2.93 bits per heavy atom. The fourth-order valence-electron chi connectivity index (χ4n) is 4.21. The van der Waals surface area contributed by atoms with Crippen LogP contribution in [0.5, 0.6) is 0 Å². The molecule has 0 saturated heterocycles. The van der Waals surface area contributed by atoms with Crippen LogP contribution in [0.2, 0.25) is 0 Å². The molecule has 0 fully saturated rings. The topological polar surface area (TPSA) is 75.4 Å². The average molecular weight is 384 g/mol. The van der Waals surface area contributed by atoms with Crippen LogP contribution in [-0.4, -0.2) is 24.9 Å². The molecule has 1 unspecified atom stereocenters. The van der Waals surface area contributed by atoms with Crippen LogP contribution in [-0.2, 0) is 24.1 Å². The van der Waals surface area contributed by atoms with Gasteiger partial charge in [0.1, 0.15) is 5.00 Å². The van der Waals surface area contributed by atoms with E-state index in [1.165, 1.54) is 21.8 Å². The van der Waals surface area contributed by atoms with E-state index >= 15 is 0 Å². The highest BCUT2D eigenvalue weighted by Crippen LogP contribution is 2.39. The van der Waals surface area contributed by atoms with Crippen LogP contribution in [0.15, 0.2) is 24.3 Å². The van der Waals surface area contributed by atoms with Crippen molar-refractivity contribution in [3.63, 3.8) is 0 Å². The van der Waals surface area contributed by atoms with Crippen LogP contribution >= 0.6 is 11.3 Å². The minimum Gasteiger partial charge on any atom is -0.365 e. The molecule has 27 heavy (non-hydrogen) atoms. The van der Waals surface area contributed by atoms with Crippen molar-refractivity contribution in [2.75, 3.05) is 23.3 Å². The van der Waals surface area contributed by atoms with E-state index in [4.69, 9.17) is 5.73 Å². The van der Waals surface area contributed by atoms with Gasteiger partial charge in [0.25, 0.3) is 5.91 Å². The van der Waals surface area contributed by atoms with Gasteiger partial charge >= 0.3 is 0 Å². The molecular weight excluding hydrogens is 358 g/mol. The number of nitrogens with zero attached hydrogens (tertiary/aromatic N) is 1. The summed E-state index contributed by atoms with van der Waals surface area (Å²) >= 11 is 1.52. The van der Waals surface area contributed by atoms with Gasteiger partial charge in [0.05, 0.1) is 12.1 Å². The zero-order chi connectivity index (χ0) is 19.0. The summed E-state index contributed by atoms with van der Waals surface area (Å²) in [6.45, 7) is 3.37. The molecule has 1 aromatic heterocycles. The molecule has 3 N–H and O–H groups in total. The van der Waals surface area contributed by atoms with E-state index in [0.29, 0.717) is 16.5 Å². The molecule has 0 saturated carbocycles. The number of amides is 2. The smallest absolute Gasteiger partial charge is 0.251 e. The Labute approximate surface area is 163 Å². The predicted octanol–water partition coefficient (Wildman–Crippen LogP) is 3.36. The number of aryl methyl sites for hydroxylation is 1. The summed E-state index contributed by atoms with van der Waals surface area (Å²) in [6.07, 6.45) is 4.97. The number of nitrogens with two attached hydrogens (primary N) is 1. The van der Waals surface area contributed by atoms with Gasteiger partial charge < -0.3 is 16.0 Å². The molecule has 4 rings (SSSR count). The molecule has 1 atom stereocenters. The summed E-state index contributed by atoms with van der Waals surface area (Å²) in [6, 6.07) is 8.24. The second-order valence-corrected chi connectivity index (χ2v) is 8.73. The van der Waals surface area contributed by atoms with Crippen molar-refractivity contribution in [1.29, 1.82) is 0 Å². The summed E-state index contributed by atoms with van der Waals surface area (Å²) in [4.78, 5) is 28.1. The third kappa shape index (κ3) is 3.58. The van der Waals surface area contributed by atoms with Gasteiger partial charge in [-0.25, -0.2) is 0 Å². The minimum absolute atomic E-state index is 0.0964. The number of thiophene rings is 1. The standard InChI is InChI=1S/C21H25N3O2S/c1-13-8-9-15-17(11-13)27-21(19(15)20(22)26)23-18(25)12-24-10-4-6-14-5-2-3-7-16(14)24/h2-3,5,7,13H,4,6,8-12H2,1H3,(H2,22,26)(H,23,25). The van der Waals surface area contributed by atoms with Gasteiger partial charge in [-0.3, -0.25) is 9.59 Å². The van der Waals surface area contributed by atoms with E-state index in [0.717, 1.165) is 49.9 Å². The summed E-state index contributed by atoms with van der Waals surface area (Å²) in [5.74, 6) is 0.0619. The number of fused-ring (bicyclic) bond motifs is 2. The SMILES string of the molecule is CC1CCc2c(sc(NC(=O)CN3CCCc4ccccc43)c2C(N)=O)C1. The van der Waals surface area contributed by atoms with Gasteiger partial charge in [-0.2, -0.15) is 0 Å². The van der Waals surface area contributed by atoms with Crippen LogP contribution in [0.25, 0.3) is 0 Å². The normalized spacial score (nSPS) is 18.6. The molecule has 1 aromatic carbocycles. The number of benzene rings is 1. The van der Waals surface area contributed by atoms with Gasteiger partial charge in [0.15, 0.2) is 0 Å². The van der Waals surface area contributed by atoms with Crippen LogP contribution in [0.3, 0.4) is 0 Å². The molecule has 2 heterocycles. The zero-order valence-corrected chi connectivity index (χ0v) is 16.4. The fourth-order valence-corrected chi connectivity index (χ4v) is 5.65. The van der Waals surface area contributed by atoms with E-state index in [1.54, 1.807) is 0 Å². The van der Waals surface area contributed by atoms with Gasteiger partial charge in [-0.05, 0) is 55.2 Å². The molecule has 1 aliphatic heterocycles. The van der Waals surface area contributed by atoms with E-state index in [2.05, 4.69) is 29.3 Å². The lowest BCUT2D eigenvalue weighted by Gasteiger charge is -2.30. The molecule has 2 aromatic rings. The Morgan fingerprint density at radius 1 is 1.30 bits per heavy atom. The maximum Gasteiger partial charge on any atom is 0.251 e. The van der Waals surface area contributed by atoms with Crippen molar-refractivity contribution < 1.29 is 9.59 Å². The van der Waals surface area contributed by atoms with Crippen molar-refractivity contribution in [2.24, 2.45) is 11.7 Å². The molecule has 1 aliphatic carbocycles. The predicted molar refractivity (Wildman–Crippen MR) is 110 cm³/mol. The number of carbonyl (C=O) groups excluding carboxylic acids is 2. The number of anilines is 2. The average Bonchev–Trinajstić information content (AvgIpc) is 2.98. The summed E-state index contributed by atoms with van der Waals surface area (Å²) < 4.78 is 0. The Bertz CT molecular complexity index is 890. The highest BCUT2D eigenvalue weighted by Gasteiger charge is 2.28. The first kappa shape index (κ1) is 18.0. The Balaban J connectivity index is 1.53. The molecule has 2 amide bonds. The van der Waals surface area contributed by atoms with Crippen LogP contribution < -0.4 is 16.0 Å². The van der Waals surface area contributed by atoms with Crippen molar-refractivity contribution in [1.82, 2.24) is 0 Å². The van der Waals surface area contributed by atoms with Crippen molar-refractivity contribution in [3.05, 3.63) is 45.8 Å². The molecule has 2 aliphatic rings. The van der Waals surface area contributed by atoms with Gasteiger partial charge in [-0.15, -0.1) is 11.3 Å². The number of carbonyl (C=O) groups is 2. The Morgan fingerprint density at radius 2 is 2.11 bits per heavy atom. The second kappa shape index (κ2) is 7.35. The second-order valence-electron chi connectivity index (χ2n) is 7.62. The first-order valence-electron chi connectivity index (χ1n) is 9.60. The first-order valence-corrected chi connectivity index (χ1v) is 10.4. The molecule has 5 nitrogen and oxygen atoms in total. The maximum atomic E-state index is 12.7. The quantitative estimate of drug-likeness (QED) is 0.850. The van der Waals surface area contributed by atoms with Crippen molar-refractivity contribution >= 4 is 33.8 Å². The van der Waals surface area contributed by atoms with E-state index in [9.17, 15) is 9.59 Å². The number of hydrogen-bond acceptors (Lipinski definition) is 4. The third-order valence-corrected chi connectivity index (χ3v) is 6.72. The molecular formula is C21H25N3O2S. The highest BCUT2D eigenvalue weighted by atomic mass is 32.1. The lowest BCUT2D eigenvalue weighted by Crippen LogP contribution is -2.36. The van der Waals surface area contributed by atoms with Gasteiger partial charge in [0, 0.05) is 17.1 Å². The minimum atomic E-state index is -0.444. The van der Waals surface area contributed by atoms with Crippen molar-refractivity contribution in [3.8, 4) is 0 Å². The Hall–Kier alpha value is -2.34. The van der Waals surface area contributed by atoms with Crippen LogP contribution in [0, 0.1) is 5.92 Å². The number of para-hydroxylation sites is 1. The van der Waals surface area contributed by atoms with Gasteiger partial charge in [-0.1, -0.05) is 25.1 Å². The number of primary amides is 1. The lowest BCUT2D eigenvalue weighted by atomic mass is 9.88. The maximum absolute atomic E-state index is 12.7. The van der Waals surface area contributed by atoms with Crippen LogP contribution in [0.4, 0.5) is 10.7 Å². The van der Waals surface area contributed by atoms with Crippen molar-refractivity contribution in [2.45, 2.75) is 39.0 Å².